The van der Waals surface area contributed by atoms with E-state index in [1.165, 1.54) is 22.3 Å². The van der Waals surface area contributed by atoms with Crippen LogP contribution in [0.3, 0.4) is 0 Å². The van der Waals surface area contributed by atoms with Crippen molar-refractivity contribution in [2.24, 2.45) is 0 Å². The molecule has 0 unspecified atom stereocenters. The van der Waals surface area contributed by atoms with Crippen molar-refractivity contribution in [2.75, 3.05) is 0 Å². The van der Waals surface area contributed by atoms with Crippen molar-refractivity contribution in [3.05, 3.63) is 58.7 Å². The minimum Gasteiger partial charge on any atom is -0.298 e. The van der Waals surface area contributed by atoms with E-state index in [1.54, 1.807) is 0 Å². The second-order valence-corrected chi connectivity index (χ2v) is 6.47. The third kappa shape index (κ3) is 4.48. The predicted octanol–water partition coefficient (Wildman–Crippen LogP) is 4.93. The summed E-state index contributed by atoms with van der Waals surface area (Å²) in [4.78, 5) is 10.7. The summed E-state index contributed by atoms with van der Waals surface area (Å²) in [6.45, 7) is 14.6. The summed E-state index contributed by atoms with van der Waals surface area (Å²) in [6, 6.07) is 6.69. The Morgan fingerprint density at radius 1 is 1.30 bits per heavy atom. The normalized spacial score (nSPS) is 12.3. The third-order valence-corrected chi connectivity index (χ3v) is 3.66. The maximum atomic E-state index is 10.7. The van der Waals surface area contributed by atoms with E-state index in [1.807, 2.05) is 6.92 Å². The summed E-state index contributed by atoms with van der Waals surface area (Å²) in [6.07, 6.45) is 4.50. The summed E-state index contributed by atoms with van der Waals surface area (Å²) in [5.41, 5.74) is 6.03. The number of allylic oxidation sites excluding steroid dienone is 3. The van der Waals surface area contributed by atoms with E-state index in [0.717, 1.165) is 12.7 Å². The van der Waals surface area contributed by atoms with Gasteiger partial charge in [0.15, 0.2) is 0 Å². The number of hydrogen-bond donors (Lipinski definition) is 0. The van der Waals surface area contributed by atoms with Crippen LogP contribution in [-0.4, -0.2) is 6.29 Å². The van der Waals surface area contributed by atoms with E-state index in [2.05, 4.69) is 58.5 Å². The van der Waals surface area contributed by atoms with Crippen molar-refractivity contribution < 1.29 is 4.79 Å². The number of benzene rings is 1. The Kier molecular flexibility index (Phi) is 5.50. The number of carbonyl (C=O) groups is 1. The topological polar surface area (TPSA) is 17.1 Å². The molecule has 1 rings (SSSR count). The van der Waals surface area contributed by atoms with E-state index in [0.29, 0.717) is 12.0 Å². The molecule has 0 aliphatic heterocycles. The number of aryl methyl sites for hydroxylation is 1. The molecule has 1 heteroatoms. The third-order valence-electron chi connectivity index (χ3n) is 3.66. The Hall–Kier alpha value is -1.63. The van der Waals surface area contributed by atoms with Crippen LogP contribution in [0.2, 0.25) is 0 Å². The van der Waals surface area contributed by atoms with Gasteiger partial charge in [-0.3, -0.25) is 4.79 Å². The van der Waals surface area contributed by atoms with Crippen LogP contribution in [0, 0.1) is 6.92 Å². The Bertz CT molecular complexity index is 527. The molecule has 1 nitrogen and oxygen atoms in total. The molecule has 108 valence electrons. The molecular formula is C19H26O. The van der Waals surface area contributed by atoms with Gasteiger partial charge in [-0.1, -0.05) is 57.2 Å². The maximum Gasteiger partial charge on any atom is 0.145 e. The molecule has 0 aromatic heterocycles. The molecule has 0 amide bonds. The van der Waals surface area contributed by atoms with Crippen LogP contribution >= 0.6 is 0 Å². The highest BCUT2D eigenvalue weighted by atomic mass is 16.1. The van der Waals surface area contributed by atoms with Crippen LogP contribution < -0.4 is 0 Å². The molecule has 0 atom stereocenters. The van der Waals surface area contributed by atoms with Crippen LogP contribution in [0.4, 0.5) is 0 Å². The molecule has 0 fully saturated rings. The molecule has 0 spiro atoms. The smallest absolute Gasteiger partial charge is 0.145 e. The lowest BCUT2D eigenvalue weighted by Crippen LogP contribution is -2.12. The zero-order valence-electron chi connectivity index (χ0n) is 13.4. The molecule has 0 saturated carbocycles. The standard InChI is InChI=1S/C19H26O/c1-7-16(10-14(2)13-20)11-17-12-18(19(4,5)6)9-8-15(17)3/h7-9,12-13H,2,10-11H2,1,3-6H3/b16-7+. The van der Waals surface area contributed by atoms with Crippen LogP contribution in [0.5, 0.6) is 0 Å². The lowest BCUT2D eigenvalue weighted by Gasteiger charge is -2.21. The Morgan fingerprint density at radius 2 is 1.95 bits per heavy atom. The van der Waals surface area contributed by atoms with Gasteiger partial charge in [-0.2, -0.15) is 0 Å². The first-order chi connectivity index (χ1) is 9.27. The molecule has 0 radical (unpaired) electrons. The van der Waals surface area contributed by atoms with Gasteiger partial charge in [0.05, 0.1) is 0 Å². The molecular weight excluding hydrogens is 244 g/mol. The minimum absolute atomic E-state index is 0.158. The van der Waals surface area contributed by atoms with Gasteiger partial charge >= 0.3 is 0 Å². The molecule has 1 aromatic carbocycles. The Labute approximate surface area is 123 Å². The van der Waals surface area contributed by atoms with Crippen LogP contribution in [0.15, 0.2) is 42.0 Å². The molecule has 0 saturated heterocycles. The van der Waals surface area contributed by atoms with Gasteiger partial charge in [-0.15, -0.1) is 0 Å². The highest BCUT2D eigenvalue weighted by Gasteiger charge is 2.15. The average molecular weight is 270 g/mol. The van der Waals surface area contributed by atoms with E-state index in [4.69, 9.17) is 0 Å². The fraction of sp³-hybridized carbons (Fsp3) is 0.421. The number of rotatable bonds is 5. The van der Waals surface area contributed by atoms with E-state index in [-0.39, 0.29) is 5.41 Å². The molecule has 20 heavy (non-hydrogen) atoms. The highest BCUT2D eigenvalue weighted by molar-refractivity contribution is 5.72. The van der Waals surface area contributed by atoms with Crippen LogP contribution in [0.1, 0.15) is 50.8 Å². The summed E-state index contributed by atoms with van der Waals surface area (Å²) >= 11 is 0. The Balaban J connectivity index is 3.01. The van der Waals surface area contributed by atoms with Gasteiger partial charge in [0.1, 0.15) is 6.29 Å². The van der Waals surface area contributed by atoms with Crippen LogP contribution in [0.25, 0.3) is 0 Å². The first-order valence-electron chi connectivity index (χ1n) is 7.15. The number of hydrogen-bond acceptors (Lipinski definition) is 1. The summed E-state index contributed by atoms with van der Waals surface area (Å²) < 4.78 is 0. The summed E-state index contributed by atoms with van der Waals surface area (Å²) in [5, 5.41) is 0. The monoisotopic (exact) mass is 270 g/mol. The molecule has 1 aromatic rings. The largest absolute Gasteiger partial charge is 0.298 e. The predicted molar refractivity (Wildman–Crippen MR) is 87.2 cm³/mol. The van der Waals surface area contributed by atoms with E-state index in [9.17, 15) is 4.79 Å². The SMILES string of the molecule is C=C(C=O)C/C(=C\C)Cc1cc(C(C)(C)C)ccc1C. The fourth-order valence-electron chi connectivity index (χ4n) is 2.17. The van der Waals surface area contributed by atoms with Gasteiger partial charge in [0, 0.05) is 0 Å². The molecule has 0 N–H and O–H groups in total. The summed E-state index contributed by atoms with van der Waals surface area (Å²) in [5.74, 6) is 0. The van der Waals surface area contributed by atoms with Crippen molar-refractivity contribution >= 4 is 6.29 Å². The van der Waals surface area contributed by atoms with Gasteiger partial charge in [-0.05, 0) is 54.4 Å². The Morgan fingerprint density at radius 3 is 2.45 bits per heavy atom. The van der Waals surface area contributed by atoms with Crippen molar-refractivity contribution in [3.8, 4) is 0 Å². The lowest BCUT2D eigenvalue weighted by atomic mass is 9.84. The molecule has 0 heterocycles. The second kappa shape index (κ2) is 6.69. The zero-order valence-corrected chi connectivity index (χ0v) is 13.4. The molecule has 0 aliphatic carbocycles. The van der Waals surface area contributed by atoms with E-state index >= 15 is 0 Å². The zero-order chi connectivity index (χ0) is 15.3. The van der Waals surface area contributed by atoms with Crippen molar-refractivity contribution in [3.63, 3.8) is 0 Å². The molecule has 0 bridgehead atoms. The van der Waals surface area contributed by atoms with Gasteiger partial charge in [0.2, 0.25) is 0 Å². The second-order valence-electron chi connectivity index (χ2n) is 6.47. The highest BCUT2D eigenvalue weighted by Crippen LogP contribution is 2.26. The van der Waals surface area contributed by atoms with Crippen molar-refractivity contribution in [1.29, 1.82) is 0 Å². The van der Waals surface area contributed by atoms with Crippen molar-refractivity contribution in [2.45, 2.75) is 52.9 Å². The van der Waals surface area contributed by atoms with Crippen molar-refractivity contribution in [1.82, 2.24) is 0 Å². The van der Waals surface area contributed by atoms with Gasteiger partial charge in [-0.25, -0.2) is 0 Å². The molecule has 0 aliphatic rings. The first kappa shape index (κ1) is 16.4. The van der Waals surface area contributed by atoms with Crippen LogP contribution in [-0.2, 0) is 16.6 Å². The number of carbonyl (C=O) groups excluding carboxylic acids is 1. The summed E-state index contributed by atoms with van der Waals surface area (Å²) in [7, 11) is 0. The fourth-order valence-corrected chi connectivity index (χ4v) is 2.17. The maximum absolute atomic E-state index is 10.7. The van der Waals surface area contributed by atoms with E-state index < -0.39 is 0 Å². The average Bonchev–Trinajstić information content (AvgIpc) is 2.38. The van der Waals surface area contributed by atoms with Gasteiger partial charge in [0.25, 0.3) is 0 Å². The number of aldehydes is 1. The first-order valence-corrected chi connectivity index (χ1v) is 7.15. The minimum atomic E-state index is 0.158. The lowest BCUT2D eigenvalue weighted by molar-refractivity contribution is -0.104. The quantitative estimate of drug-likeness (QED) is 0.421. The van der Waals surface area contributed by atoms with Gasteiger partial charge < -0.3 is 0 Å².